The van der Waals surface area contributed by atoms with Gasteiger partial charge in [-0.05, 0) is 36.6 Å². The minimum atomic E-state index is 0.739. The van der Waals surface area contributed by atoms with Crippen LogP contribution in [0, 0.1) is 0 Å². The van der Waals surface area contributed by atoms with Gasteiger partial charge in [0.15, 0.2) is 6.29 Å². The fourth-order valence-corrected chi connectivity index (χ4v) is 2.07. The molecule has 2 heteroatoms. The number of benzene rings is 1. The number of aromatic nitrogens is 1. The molecule has 2 nitrogen and oxygen atoms in total. The number of hydrogen-bond acceptors (Lipinski definition) is 1. The van der Waals surface area contributed by atoms with Crippen LogP contribution in [0.4, 0.5) is 0 Å². The van der Waals surface area contributed by atoms with E-state index in [9.17, 15) is 4.79 Å². The third-order valence-electron chi connectivity index (χ3n) is 3.08. The van der Waals surface area contributed by atoms with E-state index in [0.717, 1.165) is 23.9 Å². The average molecular weight is 215 g/mol. The van der Waals surface area contributed by atoms with Gasteiger partial charge in [0, 0.05) is 18.0 Å². The summed E-state index contributed by atoms with van der Waals surface area (Å²) in [4.78, 5) is 10.8. The van der Waals surface area contributed by atoms with Crippen LogP contribution in [0.25, 0.3) is 10.9 Å². The average Bonchev–Trinajstić information content (AvgIpc) is 2.63. The summed E-state index contributed by atoms with van der Waals surface area (Å²) >= 11 is 0. The Kier molecular flexibility index (Phi) is 3.09. The lowest BCUT2D eigenvalue weighted by Gasteiger charge is -2.01. The van der Waals surface area contributed by atoms with Gasteiger partial charge < -0.3 is 4.57 Å². The molecule has 0 atom stereocenters. The quantitative estimate of drug-likeness (QED) is 0.717. The van der Waals surface area contributed by atoms with E-state index >= 15 is 0 Å². The van der Waals surface area contributed by atoms with Gasteiger partial charge in [-0.25, -0.2) is 0 Å². The Bertz CT molecular complexity index is 511. The van der Waals surface area contributed by atoms with E-state index in [-0.39, 0.29) is 0 Å². The molecular formula is C14H17NO. The lowest BCUT2D eigenvalue weighted by atomic mass is 10.1. The fourth-order valence-electron chi connectivity index (χ4n) is 2.07. The molecule has 0 bridgehead atoms. The number of hydrogen-bond donors (Lipinski definition) is 0. The zero-order valence-corrected chi connectivity index (χ0v) is 9.86. The summed E-state index contributed by atoms with van der Waals surface area (Å²) in [5.74, 6) is 0. The van der Waals surface area contributed by atoms with Crippen LogP contribution < -0.4 is 0 Å². The van der Waals surface area contributed by atoms with Crippen molar-refractivity contribution in [3.63, 3.8) is 0 Å². The number of nitrogens with zero attached hydrogens (tertiary/aromatic N) is 1. The first kappa shape index (κ1) is 10.9. The van der Waals surface area contributed by atoms with Gasteiger partial charge in [-0.3, -0.25) is 4.79 Å². The standard InChI is InChI=1S/C14H17NO/c1-3-4-5-11-6-7-14-12(8-11)9-13(10-16)15(14)2/h6-10H,3-5H2,1-2H3. The molecule has 0 fully saturated rings. The van der Waals surface area contributed by atoms with Gasteiger partial charge in [0.2, 0.25) is 0 Å². The van der Waals surface area contributed by atoms with Crippen molar-refractivity contribution in [3.05, 3.63) is 35.5 Å². The number of fused-ring (bicyclic) bond motifs is 1. The van der Waals surface area contributed by atoms with Crippen LogP contribution in [0.15, 0.2) is 24.3 Å². The number of carbonyl (C=O) groups excluding carboxylic acids is 1. The van der Waals surface area contributed by atoms with Gasteiger partial charge in [-0.2, -0.15) is 0 Å². The summed E-state index contributed by atoms with van der Waals surface area (Å²) in [5, 5.41) is 1.17. The summed E-state index contributed by atoms with van der Waals surface area (Å²) in [6, 6.07) is 8.41. The van der Waals surface area contributed by atoms with Gasteiger partial charge >= 0.3 is 0 Å². The third-order valence-corrected chi connectivity index (χ3v) is 3.08. The lowest BCUT2D eigenvalue weighted by molar-refractivity contribution is 0.111. The Balaban J connectivity index is 2.42. The number of unbranched alkanes of at least 4 members (excludes halogenated alkanes) is 1. The van der Waals surface area contributed by atoms with Gasteiger partial charge in [-0.1, -0.05) is 19.4 Å². The lowest BCUT2D eigenvalue weighted by Crippen LogP contribution is -1.93. The van der Waals surface area contributed by atoms with Crippen molar-refractivity contribution in [2.45, 2.75) is 26.2 Å². The summed E-state index contributed by atoms with van der Waals surface area (Å²) in [7, 11) is 1.93. The second-order valence-electron chi connectivity index (χ2n) is 4.24. The Morgan fingerprint density at radius 3 is 2.81 bits per heavy atom. The molecular weight excluding hydrogens is 198 g/mol. The van der Waals surface area contributed by atoms with Crippen LogP contribution in [0.1, 0.15) is 35.8 Å². The van der Waals surface area contributed by atoms with Crippen molar-refractivity contribution in [2.75, 3.05) is 0 Å². The smallest absolute Gasteiger partial charge is 0.166 e. The van der Waals surface area contributed by atoms with E-state index in [2.05, 4.69) is 25.1 Å². The van der Waals surface area contributed by atoms with Gasteiger partial charge in [0.1, 0.15) is 0 Å². The Hall–Kier alpha value is -1.57. The second-order valence-corrected chi connectivity index (χ2v) is 4.24. The van der Waals surface area contributed by atoms with Crippen molar-refractivity contribution < 1.29 is 4.79 Å². The van der Waals surface area contributed by atoms with E-state index in [4.69, 9.17) is 0 Å². The maximum atomic E-state index is 10.8. The molecule has 0 aliphatic rings. The maximum absolute atomic E-state index is 10.8. The highest BCUT2D eigenvalue weighted by Gasteiger charge is 2.05. The van der Waals surface area contributed by atoms with Crippen LogP contribution in [-0.2, 0) is 13.5 Å². The highest BCUT2D eigenvalue weighted by atomic mass is 16.1. The predicted molar refractivity (Wildman–Crippen MR) is 66.9 cm³/mol. The van der Waals surface area contributed by atoms with Crippen molar-refractivity contribution in [3.8, 4) is 0 Å². The van der Waals surface area contributed by atoms with Gasteiger partial charge in [-0.15, -0.1) is 0 Å². The normalized spacial score (nSPS) is 10.9. The first-order valence-corrected chi connectivity index (χ1v) is 5.79. The van der Waals surface area contributed by atoms with Crippen molar-refractivity contribution in [2.24, 2.45) is 7.05 Å². The number of aryl methyl sites for hydroxylation is 2. The molecule has 1 aromatic carbocycles. The van der Waals surface area contributed by atoms with Crippen LogP contribution in [0.5, 0.6) is 0 Å². The molecule has 0 saturated heterocycles. The number of carbonyl (C=O) groups is 1. The molecule has 0 unspecified atom stereocenters. The molecule has 0 N–H and O–H groups in total. The fraction of sp³-hybridized carbons (Fsp3) is 0.357. The maximum Gasteiger partial charge on any atom is 0.166 e. The first-order valence-electron chi connectivity index (χ1n) is 5.79. The van der Waals surface area contributed by atoms with Gasteiger partial charge in [0.05, 0.1) is 5.69 Å². The zero-order valence-electron chi connectivity index (χ0n) is 9.86. The Morgan fingerprint density at radius 2 is 2.12 bits per heavy atom. The molecule has 2 rings (SSSR count). The summed E-state index contributed by atoms with van der Waals surface area (Å²) < 4.78 is 1.94. The molecule has 0 aliphatic heterocycles. The van der Waals surface area contributed by atoms with Crippen LogP contribution >= 0.6 is 0 Å². The molecule has 2 aromatic rings. The molecule has 0 radical (unpaired) electrons. The molecule has 0 amide bonds. The van der Waals surface area contributed by atoms with E-state index in [1.807, 2.05) is 17.7 Å². The molecule has 0 aliphatic carbocycles. The zero-order chi connectivity index (χ0) is 11.5. The first-order chi connectivity index (χ1) is 7.76. The molecule has 0 saturated carbocycles. The minimum Gasteiger partial charge on any atom is -0.341 e. The van der Waals surface area contributed by atoms with E-state index < -0.39 is 0 Å². The molecule has 16 heavy (non-hydrogen) atoms. The molecule has 0 spiro atoms. The molecule has 1 aromatic heterocycles. The Labute approximate surface area is 95.9 Å². The van der Waals surface area contributed by atoms with E-state index in [1.54, 1.807) is 0 Å². The van der Waals surface area contributed by atoms with E-state index in [1.165, 1.54) is 23.8 Å². The molecule has 84 valence electrons. The van der Waals surface area contributed by atoms with Crippen LogP contribution in [-0.4, -0.2) is 10.9 Å². The Morgan fingerprint density at radius 1 is 1.31 bits per heavy atom. The minimum absolute atomic E-state index is 0.739. The van der Waals surface area contributed by atoms with Crippen molar-refractivity contribution in [1.82, 2.24) is 4.57 Å². The second kappa shape index (κ2) is 4.52. The topological polar surface area (TPSA) is 22.0 Å². The third kappa shape index (κ3) is 1.87. The number of aldehydes is 1. The van der Waals surface area contributed by atoms with Gasteiger partial charge in [0.25, 0.3) is 0 Å². The number of rotatable bonds is 4. The van der Waals surface area contributed by atoms with E-state index in [0.29, 0.717) is 0 Å². The highest BCUT2D eigenvalue weighted by molar-refractivity contribution is 5.89. The predicted octanol–water partition coefficient (Wildman–Crippen LogP) is 3.33. The largest absolute Gasteiger partial charge is 0.341 e. The van der Waals surface area contributed by atoms with Crippen molar-refractivity contribution >= 4 is 17.2 Å². The highest BCUT2D eigenvalue weighted by Crippen LogP contribution is 2.20. The van der Waals surface area contributed by atoms with Crippen LogP contribution in [0.2, 0.25) is 0 Å². The molecule has 1 heterocycles. The summed E-state index contributed by atoms with van der Waals surface area (Å²) in [5.41, 5.74) is 3.22. The van der Waals surface area contributed by atoms with Crippen molar-refractivity contribution in [1.29, 1.82) is 0 Å². The summed E-state index contributed by atoms with van der Waals surface area (Å²) in [6.45, 7) is 2.20. The monoisotopic (exact) mass is 215 g/mol. The SMILES string of the molecule is CCCCc1ccc2c(c1)cc(C=O)n2C. The summed E-state index contributed by atoms with van der Waals surface area (Å²) in [6.07, 6.45) is 4.47. The van der Waals surface area contributed by atoms with Crippen LogP contribution in [0.3, 0.4) is 0 Å².